The Kier molecular flexibility index (Phi) is 3.73. The summed E-state index contributed by atoms with van der Waals surface area (Å²) in [6, 6.07) is 0. The molecule has 1 rings (SSSR count). The summed E-state index contributed by atoms with van der Waals surface area (Å²) < 4.78 is 5.38. The summed E-state index contributed by atoms with van der Waals surface area (Å²) in [5.41, 5.74) is -0.367. The standard InChI is InChI=1S/C10H20O5/c1-10(2,3)9-8(14)7(13)6(12)5(4-11)15-9/h5-9,11-14H,4H2,1-3H3/t5?,6-,7?,8?,9+/m1/s1. The molecule has 3 unspecified atom stereocenters. The first-order valence-corrected chi connectivity index (χ1v) is 5.09. The predicted octanol–water partition coefficient (Wildman–Crippen LogP) is -1.13. The van der Waals surface area contributed by atoms with Crippen molar-refractivity contribution in [2.45, 2.75) is 51.3 Å². The van der Waals surface area contributed by atoms with E-state index in [0.717, 1.165) is 0 Å². The van der Waals surface area contributed by atoms with Gasteiger partial charge in [-0.05, 0) is 5.41 Å². The average Bonchev–Trinajstić information content (AvgIpc) is 2.13. The summed E-state index contributed by atoms with van der Waals surface area (Å²) in [6.07, 6.45) is -5.10. The zero-order valence-corrected chi connectivity index (χ0v) is 9.29. The molecule has 0 aromatic rings. The fourth-order valence-electron chi connectivity index (χ4n) is 1.82. The van der Waals surface area contributed by atoms with Crippen molar-refractivity contribution in [1.82, 2.24) is 0 Å². The lowest BCUT2D eigenvalue weighted by molar-refractivity contribution is -0.250. The quantitative estimate of drug-likeness (QED) is 0.449. The maximum absolute atomic E-state index is 9.74. The first-order chi connectivity index (χ1) is 6.79. The van der Waals surface area contributed by atoms with Crippen LogP contribution >= 0.6 is 0 Å². The van der Waals surface area contributed by atoms with Crippen LogP contribution in [0.4, 0.5) is 0 Å². The molecule has 0 aliphatic carbocycles. The third-order valence-corrected chi connectivity index (χ3v) is 2.75. The van der Waals surface area contributed by atoms with Crippen LogP contribution < -0.4 is 0 Å². The molecule has 0 amide bonds. The van der Waals surface area contributed by atoms with E-state index in [2.05, 4.69) is 0 Å². The van der Waals surface area contributed by atoms with Crippen molar-refractivity contribution in [3.63, 3.8) is 0 Å². The molecule has 0 aromatic carbocycles. The number of ether oxygens (including phenoxy) is 1. The fraction of sp³-hybridized carbons (Fsp3) is 1.00. The molecule has 1 heterocycles. The van der Waals surface area contributed by atoms with E-state index >= 15 is 0 Å². The van der Waals surface area contributed by atoms with Crippen molar-refractivity contribution >= 4 is 0 Å². The maximum atomic E-state index is 9.74. The van der Waals surface area contributed by atoms with Crippen molar-refractivity contribution in [2.24, 2.45) is 5.41 Å². The fourth-order valence-corrected chi connectivity index (χ4v) is 1.82. The smallest absolute Gasteiger partial charge is 0.111 e. The minimum absolute atomic E-state index is 0.367. The maximum Gasteiger partial charge on any atom is 0.111 e. The van der Waals surface area contributed by atoms with E-state index in [0.29, 0.717) is 0 Å². The molecule has 5 heteroatoms. The average molecular weight is 220 g/mol. The Morgan fingerprint density at radius 3 is 1.93 bits per heavy atom. The SMILES string of the molecule is CC(C)(C)[C@H]1OC(CO)[C@@H](O)C(O)C1O. The van der Waals surface area contributed by atoms with Gasteiger partial charge >= 0.3 is 0 Å². The summed E-state index contributed by atoms with van der Waals surface area (Å²) in [4.78, 5) is 0. The summed E-state index contributed by atoms with van der Waals surface area (Å²) in [6.45, 7) is 5.21. The van der Waals surface area contributed by atoms with Gasteiger partial charge in [0.25, 0.3) is 0 Å². The van der Waals surface area contributed by atoms with E-state index in [9.17, 15) is 15.3 Å². The molecular weight excluding hydrogens is 200 g/mol. The Labute approximate surface area is 89.3 Å². The van der Waals surface area contributed by atoms with Crippen molar-refractivity contribution in [3.8, 4) is 0 Å². The second-order valence-electron chi connectivity index (χ2n) is 5.12. The highest BCUT2D eigenvalue weighted by molar-refractivity contribution is 4.96. The predicted molar refractivity (Wildman–Crippen MR) is 53.2 cm³/mol. The first kappa shape index (κ1) is 12.9. The van der Waals surface area contributed by atoms with Crippen LogP contribution in [0.1, 0.15) is 20.8 Å². The second kappa shape index (κ2) is 4.35. The molecule has 0 spiro atoms. The summed E-state index contributed by atoms with van der Waals surface area (Å²) in [5.74, 6) is 0. The van der Waals surface area contributed by atoms with Crippen molar-refractivity contribution in [1.29, 1.82) is 0 Å². The molecule has 1 fully saturated rings. The van der Waals surface area contributed by atoms with Crippen LogP contribution in [0.25, 0.3) is 0 Å². The molecule has 5 atom stereocenters. The van der Waals surface area contributed by atoms with Crippen LogP contribution in [0.15, 0.2) is 0 Å². The molecule has 0 bridgehead atoms. The summed E-state index contributed by atoms with van der Waals surface area (Å²) in [5, 5.41) is 37.8. The Hall–Kier alpha value is -0.200. The van der Waals surface area contributed by atoms with E-state index in [1.54, 1.807) is 0 Å². The molecular formula is C10H20O5. The van der Waals surface area contributed by atoms with Gasteiger partial charge in [-0.1, -0.05) is 20.8 Å². The number of hydrogen-bond acceptors (Lipinski definition) is 5. The minimum Gasteiger partial charge on any atom is -0.394 e. The van der Waals surface area contributed by atoms with Gasteiger partial charge in [0, 0.05) is 0 Å². The number of rotatable bonds is 1. The van der Waals surface area contributed by atoms with Crippen LogP contribution in [-0.2, 0) is 4.74 Å². The van der Waals surface area contributed by atoms with E-state index in [1.807, 2.05) is 20.8 Å². The molecule has 1 aliphatic heterocycles. The van der Waals surface area contributed by atoms with Gasteiger partial charge in [-0.15, -0.1) is 0 Å². The van der Waals surface area contributed by atoms with Crippen LogP contribution in [0.3, 0.4) is 0 Å². The van der Waals surface area contributed by atoms with Gasteiger partial charge in [0.05, 0.1) is 12.7 Å². The van der Waals surface area contributed by atoms with E-state index in [-0.39, 0.29) is 12.0 Å². The zero-order valence-electron chi connectivity index (χ0n) is 9.29. The molecule has 4 N–H and O–H groups in total. The second-order valence-corrected chi connectivity index (χ2v) is 5.12. The topological polar surface area (TPSA) is 90.2 Å². The van der Waals surface area contributed by atoms with E-state index < -0.39 is 30.5 Å². The Balaban J connectivity index is 2.83. The van der Waals surface area contributed by atoms with Crippen molar-refractivity contribution < 1.29 is 25.2 Å². The highest BCUT2D eigenvalue weighted by Gasteiger charge is 2.47. The zero-order chi connectivity index (χ0) is 11.8. The lowest BCUT2D eigenvalue weighted by atomic mass is 9.80. The van der Waals surface area contributed by atoms with Gasteiger partial charge in [0.2, 0.25) is 0 Å². The van der Waals surface area contributed by atoms with Gasteiger partial charge in [-0.2, -0.15) is 0 Å². The van der Waals surface area contributed by atoms with Crippen LogP contribution in [0, 0.1) is 5.41 Å². The lowest BCUT2D eigenvalue weighted by Gasteiger charge is -2.45. The van der Waals surface area contributed by atoms with Gasteiger partial charge in [0.1, 0.15) is 24.4 Å². The summed E-state index contributed by atoms with van der Waals surface area (Å²) >= 11 is 0. The lowest BCUT2D eigenvalue weighted by Crippen LogP contribution is -2.61. The van der Waals surface area contributed by atoms with Crippen LogP contribution in [0.2, 0.25) is 0 Å². The van der Waals surface area contributed by atoms with Gasteiger partial charge in [-0.25, -0.2) is 0 Å². The molecule has 0 radical (unpaired) electrons. The molecule has 15 heavy (non-hydrogen) atoms. The Morgan fingerprint density at radius 1 is 1.00 bits per heavy atom. The van der Waals surface area contributed by atoms with Crippen molar-refractivity contribution in [2.75, 3.05) is 6.61 Å². The highest BCUT2D eigenvalue weighted by Crippen LogP contribution is 2.32. The number of hydrogen-bond donors (Lipinski definition) is 4. The molecule has 5 nitrogen and oxygen atoms in total. The number of aliphatic hydroxyl groups excluding tert-OH is 4. The van der Waals surface area contributed by atoms with Gasteiger partial charge in [0.15, 0.2) is 0 Å². The highest BCUT2D eigenvalue weighted by atomic mass is 16.5. The monoisotopic (exact) mass is 220 g/mol. The van der Waals surface area contributed by atoms with Gasteiger partial charge in [-0.3, -0.25) is 0 Å². The molecule has 0 saturated carbocycles. The first-order valence-electron chi connectivity index (χ1n) is 5.09. The van der Waals surface area contributed by atoms with E-state index in [4.69, 9.17) is 9.84 Å². The largest absolute Gasteiger partial charge is 0.394 e. The molecule has 0 aromatic heterocycles. The summed E-state index contributed by atoms with van der Waals surface area (Å²) in [7, 11) is 0. The Bertz CT molecular complexity index is 210. The minimum atomic E-state index is -1.28. The van der Waals surface area contributed by atoms with Gasteiger partial charge < -0.3 is 25.2 Å². The number of aliphatic hydroxyl groups is 4. The third-order valence-electron chi connectivity index (χ3n) is 2.75. The molecule has 90 valence electrons. The van der Waals surface area contributed by atoms with Crippen LogP contribution in [0.5, 0.6) is 0 Å². The normalized spacial score (nSPS) is 43.0. The molecule has 1 saturated heterocycles. The van der Waals surface area contributed by atoms with E-state index in [1.165, 1.54) is 0 Å². The third kappa shape index (κ3) is 2.49. The van der Waals surface area contributed by atoms with Crippen molar-refractivity contribution in [3.05, 3.63) is 0 Å². The van der Waals surface area contributed by atoms with Crippen LogP contribution in [-0.4, -0.2) is 57.6 Å². The molecule has 1 aliphatic rings. The Morgan fingerprint density at radius 2 is 1.53 bits per heavy atom.